The van der Waals surface area contributed by atoms with Gasteiger partial charge in [0.05, 0.1) is 0 Å². The normalized spacial score (nSPS) is 11.2. The number of hydrogen-bond acceptors (Lipinski definition) is 0. The van der Waals surface area contributed by atoms with E-state index in [0.717, 1.165) is 27.6 Å². The molecule has 0 bridgehead atoms. The van der Waals surface area contributed by atoms with Crippen LogP contribution >= 0.6 is 23.2 Å². The number of aryl methyl sites for hydroxylation is 7. The van der Waals surface area contributed by atoms with Gasteiger partial charge in [0.25, 0.3) is 0 Å². The van der Waals surface area contributed by atoms with Crippen molar-refractivity contribution in [3.8, 4) is 33.4 Å². The van der Waals surface area contributed by atoms with Crippen LogP contribution in [0.25, 0.3) is 33.4 Å². The van der Waals surface area contributed by atoms with E-state index in [0.29, 0.717) is 5.41 Å². The molecular weight excluding hydrogens is 906 g/mol. The van der Waals surface area contributed by atoms with Crippen LogP contribution in [-0.2, 0) is 42.5 Å². The van der Waals surface area contributed by atoms with E-state index >= 15 is 0 Å². The fourth-order valence-corrected chi connectivity index (χ4v) is 9.67. The summed E-state index contributed by atoms with van der Waals surface area (Å²) in [7, 11) is 0. The summed E-state index contributed by atoms with van der Waals surface area (Å²) >= 11 is 13.3. The summed E-state index contributed by atoms with van der Waals surface area (Å²) in [4.78, 5) is 0. The molecule has 0 amide bonds. The Kier molecular flexibility index (Phi) is 17.9. The second kappa shape index (κ2) is 21.8. The monoisotopic (exact) mass is 958 g/mol. The molecule has 0 atom stereocenters. The van der Waals surface area contributed by atoms with E-state index in [4.69, 9.17) is 23.2 Å². The molecule has 0 aliphatic heterocycles. The minimum absolute atomic E-state index is 0. The van der Waals surface area contributed by atoms with Crippen molar-refractivity contribution in [1.29, 1.82) is 0 Å². The van der Waals surface area contributed by atoms with Gasteiger partial charge in [-0.1, -0.05) is 127 Å². The Morgan fingerprint density at radius 1 is 0.656 bits per heavy atom. The molecule has 0 saturated carbocycles. The van der Waals surface area contributed by atoms with Crippen molar-refractivity contribution < 1.29 is 49.0 Å². The summed E-state index contributed by atoms with van der Waals surface area (Å²) in [5, 5.41) is 1.53. The Labute approximate surface area is 403 Å². The Morgan fingerprint density at radius 2 is 1.18 bits per heavy atom. The molecule has 0 aromatic heterocycles. The third kappa shape index (κ3) is 12.4. The molecule has 61 heavy (non-hydrogen) atoms. The number of hydrogen-bond donors (Lipinski definition) is 0. The Hall–Kier alpha value is -3.42. The first-order valence-corrected chi connectivity index (χ1v) is 22.7. The Balaban J connectivity index is 0.000000229. The summed E-state index contributed by atoms with van der Waals surface area (Å²) in [6.07, 6.45) is 3.42. The molecule has 5 heteroatoms. The zero-order valence-corrected chi connectivity index (χ0v) is 42.7. The van der Waals surface area contributed by atoms with Crippen molar-refractivity contribution in [1.82, 2.24) is 0 Å². The minimum atomic E-state index is 0. The topological polar surface area (TPSA) is 0 Å². The van der Waals surface area contributed by atoms with Gasteiger partial charge in [-0.05, 0) is 75.8 Å². The van der Waals surface area contributed by atoms with Crippen LogP contribution in [-0.4, -0.2) is 3.21 Å². The molecule has 7 aromatic rings. The Morgan fingerprint density at radius 3 is 1.67 bits per heavy atom. The molecule has 1 aliphatic rings. The predicted octanol–water partition coefficient (Wildman–Crippen LogP) is 10.0. The molecule has 0 fully saturated rings. The maximum atomic E-state index is 5.98. The van der Waals surface area contributed by atoms with Crippen LogP contribution in [0.15, 0.2) is 121 Å². The van der Waals surface area contributed by atoms with E-state index < -0.39 is 0 Å². The zero-order chi connectivity index (χ0) is 42.6. The molecule has 0 unspecified atom stereocenters. The summed E-state index contributed by atoms with van der Waals surface area (Å²) < 4.78 is 1.26. The quantitative estimate of drug-likeness (QED) is 0.146. The van der Waals surface area contributed by atoms with Crippen LogP contribution in [0.5, 0.6) is 0 Å². The smallest absolute Gasteiger partial charge is 1.00 e. The summed E-state index contributed by atoms with van der Waals surface area (Å²) in [6.45, 7) is 22.2. The first-order chi connectivity index (χ1) is 28.0. The van der Waals surface area contributed by atoms with Crippen LogP contribution in [0.1, 0.15) is 101 Å². The third-order valence-corrected chi connectivity index (χ3v) is 13.0. The van der Waals surface area contributed by atoms with Crippen LogP contribution in [0.4, 0.5) is 0 Å². The molecule has 0 nitrogen and oxygen atoms in total. The van der Waals surface area contributed by atoms with E-state index in [1.165, 1.54) is 129 Å². The van der Waals surface area contributed by atoms with Crippen LogP contribution in [0, 0.1) is 47.6 Å². The summed E-state index contributed by atoms with van der Waals surface area (Å²) in [5.41, 5.74) is 24.3. The Bertz CT molecular complexity index is 2440. The van der Waals surface area contributed by atoms with E-state index in [1.807, 2.05) is 36.4 Å². The first-order valence-electron chi connectivity index (χ1n) is 20.7. The molecule has 0 radical (unpaired) electrons. The number of benzene rings is 6. The number of fused-ring (bicyclic) bond motifs is 3. The van der Waals surface area contributed by atoms with Crippen molar-refractivity contribution in [2.45, 2.75) is 93.9 Å². The fraction of sp³-hybridized carbons (Fsp3) is 0.250. The third-order valence-electron chi connectivity index (χ3n) is 11.2. The molecule has 7 aromatic carbocycles. The average Bonchev–Trinajstić information content (AvgIpc) is 3.79. The van der Waals surface area contributed by atoms with Crippen molar-refractivity contribution in [2.75, 3.05) is 0 Å². The molecule has 0 N–H and O–H groups in total. The number of halogens is 4. The SMILES string of the molecule is CCCc1cc(C(C)(C)C)c[cH-]1.Cc1cc(C)c(-c2[c-]c3c(cc2)-c2ccc(-c4c(C)cc(C)cc4C)cc2C3)c(C)c1.Clc1cccc([C](=[Zr+2])c2cccc(Cl)c2)c1.[Cl-].[Cl-]. The summed E-state index contributed by atoms with van der Waals surface area (Å²) in [5.74, 6) is 0. The van der Waals surface area contributed by atoms with Gasteiger partial charge in [-0.15, -0.1) is 29.3 Å². The van der Waals surface area contributed by atoms with Gasteiger partial charge in [0, 0.05) is 0 Å². The van der Waals surface area contributed by atoms with Gasteiger partial charge in [-0.3, -0.25) is 0 Å². The summed E-state index contributed by atoms with van der Waals surface area (Å²) in [6, 6.07) is 47.1. The maximum absolute atomic E-state index is 5.98. The van der Waals surface area contributed by atoms with Gasteiger partial charge in [0.2, 0.25) is 0 Å². The molecule has 8 rings (SSSR count). The van der Waals surface area contributed by atoms with Gasteiger partial charge in [-0.2, -0.15) is 23.3 Å². The van der Waals surface area contributed by atoms with E-state index in [2.05, 4.69) is 160 Å². The van der Waals surface area contributed by atoms with Crippen LogP contribution < -0.4 is 24.8 Å². The van der Waals surface area contributed by atoms with Crippen molar-refractivity contribution in [3.05, 3.63) is 204 Å². The fourth-order valence-electron chi connectivity index (χ4n) is 8.52. The zero-order valence-electron chi connectivity index (χ0n) is 37.2. The van der Waals surface area contributed by atoms with E-state index in [-0.39, 0.29) is 24.8 Å². The largest absolute Gasteiger partial charge is 1.00 e. The molecule has 314 valence electrons. The van der Waals surface area contributed by atoms with E-state index in [1.54, 1.807) is 0 Å². The van der Waals surface area contributed by atoms with Crippen LogP contribution in [0.2, 0.25) is 10.0 Å². The van der Waals surface area contributed by atoms with Crippen molar-refractivity contribution in [3.63, 3.8) is 0 Å². The second-order valence-corrected chi connectivity index (χ2v) is 19.4. The van der Waals surface area contributed by atoms with Crippen molar-refractivity contribution in [2.24, 2.45) is 0 Å². The standard InChI is InChI=1S/C31H29.C13H8Cl2.C12H19.2ClH.Zr/c1-18-11-20(3)30(21(4)12-18)24-7-9-28-26(15-24)17-27-16-25(8-10-29(27)28)31-22(5)13-19(2)14-23(31)6;14-12-5-1-3-10(8-12)7-11-4-2-6-13(15)9-11;1-5-6-10-7-8-11(9-10)12(2,3)4;;;/h7-15H,17H2,1-6H3;1-6,8-9H;7-9H,5-6H2,1-4H3;2*1H;/q-1;;-1;;;+2/p-2. The first kappa shape index (κ1) is 50.2. The van der Waals surface area contributed by atoms with Crippen LogP contribution in [0.3, 0.4) is 0 Å². The van der Waals surface area contributed by atoms with E-state index in [9.17, 15) is 0 Å². The van der Waals surface area contributed by atoms with Gasteiger partial charge < -0.3 is 24.8 Å². The predicted molar refractivity (Wildman–Crippen MR) is 254 cm³/mol. The van der Waals surface area contributed by atoms with Gasteiger partial charge >= 0.3 is 120 Å². The molecular formula is C56H56Cl4Zr-2. The molecule has 0 heterocycles. The minimum Gasteiger partial charge on any atom is -1.00 e. The number of rotatable bonds is 6. The second-order valence-electron chi connectivity index (χ2n) is 17.3. The van der Waals surface area contributed by atoms with Gasteiger partial charge in [0.1, 0.15) is 0 Å². The van der Waals surface area contributed by atoms with Crippen molar-refractivity contribution >= 4 is 26.4 Å². The van der Waals surface area contributed by atoms with Gasteiger partial charge in [0.15, 0.2) is 0 Å². The molecule has 1 aliphatic carbocycles. The molecule has 0 saturated heterocycles. The maximum Gasteiger partial charge on any atom is -1.00 e. The molecule has 0 spiro atoms. The average molecular weight is 962 g/mol. The van der Waals surface area contributed by atoms with Gasteiger partial charge in [-0.25, -0.2) is 6.07 Å².